The molecule has 9 heteroatoms. The van der Waals surface area contributed by atoms with Gasteiger partial charge in [-0.2, -0.15) is 0 Å². The number of rotatable bonds is 8. The number of nitrogens with zero attached hydrogens (tertiary/aromatic N) is 1. The van der Waals surface area contributed by atoms with Gasteiger partial charge in [0.2, 0.25) is 0 Å². The number of fused-ring (bicyclic) bond motifs is 1. The molecule has 0 unspecified atom stereocenters. The van der Waals surface area contributed by atoms with E-state index in [2.05, 4.69) is 4.98 Å². The minimum absolute atomic E-state index is 0.0838. The van der Waals surface area contributed by atoms with Gasteiger partial charge in [-0.1, -0.05) is 0 Å². The Balaban J connectivity index is 1.71. The molecule has 2 N–H and O–H groups in total. The number of thiocarbonyl (C=S) groups is 1. The highest BCUT2D eigenvalue weighted by Crippen LogP contribution is 2.35. The number of ether oxygens (including phenoxy) is 2. The molecule has 0 saturated heterocycles. The molecule has 0 radical (unpaired) electrons. The minimum Gasteiger partial charge on any atom is -0.488 e. The van der Waals surface area contributed by atoms with Crippen LogP contribution in [0.25, 0.3) is 22.1 Å². The Labute approximate surface area is 199 Å². The summed E-state index contributed by atoms with van der Waals surface area (Å²) in [5.74, 6) is -1.29. The fourth-order valence-electron chi connectivity index (χ4n) is 3.66. The summed E-state index contributed by atoms with van der Waals surface area (Å²) in [7, 11) is 0. The molecule has 176 valence electrons. The summed E-state index contributed by atoms with van der Waals surface area (Å²) in [5, 5.41) is 0.466. The summed E-state index contributed by atoms with van der Waals surface area (Å²) in [6, 6.07) is 8.39. The van der Waals surface area contributed by atoms with Crippen molar-refractivity contribution in [2.75, 3.05) is 6.61 Å². The van der Waals surface area contributed by atoms with Crippen LogP contribution in [0.1, 0.15) is 23.7 Å². The van der Waals surface area contributed by atoms with Crippen LogP contribution in [0.4, 0.5) is 13.2 Å². The lowest BCUT2D eigenvalue weighted by molar-refractivity contribution is 0.295. The van der Waals surface area contributed by atoms with Gasteiger partial charge in [0.25, 0.3) is 0 Å². The molecule has 34 heavy (non-hydrogen) atoms. The van der Waals surface area contributed by atoms with Crippen LogP contribution in [0.5, 0.6) is 5.75 Å². The Bertz CT molecular complexity index is 1360. The molecule has 0 spiro atoms. The lowest BCUT2D eigenvalue weighted by Gasteiger charge is -2.14. The van der Waals surface area contributed by atoms with Gasteiger partial charge in [-0.25, -0.2) is 13.2 Å². The summed E-state index contributed by atoms with van der Waals surface area (Å²) in [6.45, 7) is 1.90. The van der Waals surface area contributed by atoms with E-state index in [1.807, 2.05) is 0 Å². The average molecular weight is 487 g/mol. The van der Waals surface area contributed by atoms with Crippen molar-refractivity contribution in [1.82, 2.24) is 4.98 Å². The van der Waals surface area contributed by atoms with Crippen molar-refractivity contribution in [1.29, 1.82) is 0 Å². The average Bonchev–Trinajstić information content (AvgIpc) is 3.31. The van der Waals surface area contributed by atoms with Crippen LogP contribution in [0.2, 0.25) is 0 Å². The second kappa shape index (κ2) is 10.2. The summed E-state index contributed by atoms with van der Waals surface area (Å²) in [4.78, 5) is 3.94. The predicted molar refractivity (Wildman–Crippen MR) is 126 cm³/mol. The van der Waals surface area contributed by atoms with Crippen LogP contribution in [-0.4, -0.2) is 16.6 Å². The smallest absolute Gasteiger partial charge is 0.164 e. The first-order valence-corrected chi connectivity index (χ1v) is 10.9. The quantitative estimate of drug-likeness (QED) is 0.315. The van der Waals surface area contributed by atoms with Gasteiger partial charge in [0.15, 0.2) is 10.9 Å². The topological polar surface area (TPSA) is 70.5 Å². The maximum absolute atomic E-state index is 15.3. The standard InChI is InChI=1S/C25H21F3N2O3S/c1-2-31-22(34)11-14-9-16(26)3-4-21(14)33-13-15-10-19(25-18(23(15)27)6-8-32-25)17-5-7-30-20(12-29)24(17)28/h3-10H,2,11-13,29H2,1H3. The molecule has 0 aliphatic rings. The van der Waals surface area contributed by atoms with Crippen LogP contribution < -0.4 is 10.5 Å². The summed E-state index contributed by atoms with van der Waals surface area (Å²) >= 11 is 5.16. The molecule has 0 atom stereocenters. The van der Waals surface area contributed by atoms with E-state index in [4.69, 9.17) is 31.8 Å². The number of benzene rings is 2. The summed E-state index contributed by atoms with van der Waals surface area (Å²) in [5.41, 5.74) is 7.01. The first-order valence-electron chi connectivity index (χ1n) is 10.5. The monoisotopic (exact) mass is 486 g/mol. The van der Waals surface area contributed by atoms with Crippen molar-refractivity contribution < 1.29 is 27.1 Å². The maximum Gasteiger partial charge on any atom is 0.164 e. The normalized spacial score (nSPS) is 11.1. The molecule has 2 heterocycles. The Hall–Kier alpha value is -3.43. The minimum atomic E-state index is -0.605. The zero-order valence-electron chi connectivity index (χ0n) is 18.2. The van der Waals surface area contributed by atoms with Crippen LogP contribution in [0.15, 0.2) is 53.3 Å². The molecule has 0 fully saturated rings. The predicted octanol–water partition coefficient (Wildman–Crippen LogP) is 5.86. The molecule has 2 aromatic heterocycles. The summed E-state index contributed by atoms with van der Waals surface area (Å²) < 4.78 is 60.7. The molecule has 5 nitrogen and oxygen atoms in total. The third kappa shape index (κ3) is 4.76. The lowest BCUT2D eigenvalue weighted by atomic mass is 9.99. The van der Waals surface area contributed by atoms with Crippen LogP contribution >= 0.6 is 12.2 Å². The second-order valence-corrected chi connectivity index (χ2v) is 7.86. The largest absolute Gasteiger partial charge is 0.488 e. The van der Waals surface area contributed by atoms with Crippen molar-refractivity contribution in [2.45, 2.75) is 26.5 Å². The molecular formula is C25H21F3N2O3S. The number of pyridine rings is 1. The molecule has 0 saturated carbocycles. The van der Waals surface area contributed by atoms with E-state index < -0.39 is 17.5 Å². The highest BCUT2D eigenvalue weighted by Gasteiger charge is 2.20. The number of hydrogen-bond acceptors (Lipinski definition) is 6. The van der Waals surface area contributed by atoms with E-state index in [1.54, 1.807) is 6.92 Å². The van der Waals surface area contributed by atoms with E-state index >= 15 is 4.39 Å². The fraction of sp³-hybridized carbons (Fsp3) is 0.200. The third-order valence-corrected chi connectivity index (χ3v) is 5.50. The van der Waals surface area contributed by atoms with Gasteiger partial charge in [0.1, 0.15) is 29.6 Å². The van der Waals surface area contributed by atoms with E-state index in [-0.39, 0.29) is 52.4 Å². The SMILES string of the molecule is CCOC(=S)Cc1cc(F)ccc1OCc1cc(-c2ccnc(CN)c2F)c2occc2c1F. The van der Waals surface area contributed by atoms with Crippen LogP contribution in [0.3, 0.4) is 0 Å². The van der Waals surface area contributed by atoms with Crippen molar-refractivity contribution in [3.05, 3.63) is 83.1 Å². The molecule has 0 bridgehead atoms. The Morgan fingerprint density at radius 3 is 2.65 bits per heavy atom. The Kier molecular flexibility index (Phi) is 7.14. The number of halogens is 3. The lowest BCUT2D eigenvalue weighted by Crippen LogP contribution is -2.08. The molecule has 0 aliphatic heterocycles. The van der Waals surface area contributed by atoms with E-state index in [1.165, 1.54) is 48.9 Å². The van der Waals surface area contributed by atoms with Gasteiger partial charge in [-0.15, -0.1) is 0 Å². The van der Waals surface area contributed by atoms with Gasteiger partial charge >= 0.3 is 0 Å². The van der Waals surface area contributed by atoms with Gasteiger partial charge in [0.05, 0.1) is 24.0 Å². The first-order chi connectivity index (χ1) is 16.4. The van der Waals surface area contributed by atoms with Crippen molar-refractivity contribution in [2.24, 2.45) is 5.73 Å². The number of aromatic nitrogens is 1. The zero-order valence-corrected chi connectivity index (χ0v) is 19.1. The van der Waals surface area contributed by atoms with Crippen LogP contribution in [0, 0.1) is 17.5 Å². The molecule has 2 aromatic carbocycles. The zero-order chi connectivity index (χ0) is 24.2. The fourth-order valence-corrected chi connectivity index (χ4v) is 3.93. The number of furan rings is 1. The molecule has 4 rings (SSSR count). The molecule has 4 aromatic rings. The van der Waals surface area contributed by atoms with Gasteiger partial charge < -0.3 is 19.6 Å². The van der Waals surface area contributed by atoms with Gasteiger partial charge in [0, 0.05) is 41.4 Å². The molecular weight excluding hydrogens is 465 g/mol. The number of nitrogens with two attached hydrogens (primary N) is 1. The van der Waals surface area contributed by atoms with Crippen molar-refractivity contribution >= 4 is 28.2 Å². The van der Waals surface area contributed by atoms with E-state index in [9.17, 15) is 8.78 Å². The van der Waals surface area contributed by atoms with E-state index in [0.29, 0.717) is 23.5 Å². The second-order valence-electron chi connectivity index (χ2n) is 7.41. The Morgan fingerprint density at radius 1 is 1.06 bits per heavy atom. The highest BCUT2D eigenvalue weighted by atomic mass is 32.1. The molecule has 0 aliphatic carbocycles. The summed E-state index contributed by atoms with van der Waals surface area (Å²) in [6.07, 6.45) is 2.92. The Morgan fingerprint density at radius 2 is 1.88 bits per heavy atom. The maximum atomic E-state index is 15.3. The van der Waals surface area contributed by atoms with Crippen molar-refractivity contribution in [3.63, 3.8) is 0 Å². The third-order valence-electron chi connectivity index (χ3n) is 5.24. The molecule has 0 amide bonds. The number of hydrogen-bond donors (Lipinski definition) is 1. The van der Waals surface area contributed by atoms with E-state index in [0.717, 1.165) is 0 Å². The van der Waals surface area contributed by atoms with Gasteiger partial charge in [-0.05, 0) is 55.5 Å². The van der Waals surface area contributed by atoms with Gasteiger partial charge in [-0.3, -0.25) is 4.98 Å². The highest BCUT2D eigenvalue weighted by molar-refractivity contribution is 7.80. The first kappa shape index (κ1) is 23.7. The van der Waals surface area contributed by atoms with Crippen molar-refractivity contribution in [3.8, 4) is 16.9 Å². The van der Waals surface area contributed by atoms with Crippen LogP contribution in [-0.2, 0) is 24.3 Å².